The predicted molar refractivity (Wildman–Crippen MR) is 119 cm³/mol. The maximum Gasteiger partial charge on any atom is 0.410 e. The Morgan fingerprint density at radius 1 is 1.29 bits per heavy atom. The van der Waals surface area contributed by atoms with Crippen molar-refractivity contribution in [2.45, 2.75) is 66.3 Å². The first kappa shape index (κ1) is 23.0. The number of benzene rings is 1. The number of carbonyl (C=O) groups is 1. The molecule has 1 aliphatic heterocycles. The molecule has 1 aromatic heterocycles. The molecule has 1 aromatic carbocycles. The van der Waals surface area contributed by atoms with Crippen LogP contribution >= 0.6 is 0 Å². The average Bonchev–Trinajstić information content (AvgIpc) is 3.14. The van der Waals surface area contributed by atoms with Gasteiger partial charge in [-0.1, -0.05) is 11.2 Å². The van der Waals surface area contributed by atoms with Crippen LogP contribution < -0.4 is 11.1 Å². The number of aryl methyl sites for hydroxylation is 1. The van der Waals surface area contributed by atoms with Gasteiger partial charge in [0.05, 0.1) is 12.1 Å². The van der Waals surface area contributed by atoms with Crippen molar-refractivity contribution in [2.24, 2.45) is 5.73 Å². The molecule has 0 saturated carbocycles. The van der Waals surface area contributed by atoms with Gasteiger partial charge >= 0.3 is 12.1 Å². The largest absolute Gasteiger partial charge is 0.447 e. The van der Waals surface area contributed by atoms with E-state index in [2.05, 4.69) is 53.3 Å². The number of piperazine rings is 1. The van der Waals surface area contributed by atoms with Crippen molar-refractivity contribution in [1.82, 2.24) is 20.0 Å². The maximum atomic E-state index is 12.3. The maximum absolute atomic E-state index is 12.3. The molecule has 170 valence electrons. The van der Waals surface area contributed by atoms with Gasteiger partial charge in [-0.05, 0) is 64.3 Å². The topological polar surface area (TPSA) is 110 Å². The van der Waals surface area contributed by atoms with E-state index in [0.717, 1.165) is 36.4 Å². The molecule has 9 nitrogen and oxygen atoms in total. The fourth-order valence-corrected chi connectivity index (χ4v) is 3.77. The first-order valence-corrected chi connectivity index (χ1v) is 10.8. The van der Waals surface area contributed by atoms with E-state index in [1.54, 1.807) is 6.92 Å². The van der Waals surface area contributed by atoms with E-state index in [0.29, 0.717) is 18.5 Å². The van der Waals surface area contributed by atoms with Gasteiger partial charge in [-0.3, -0.25) is 4.90 Å². The molecule has 1 saturated heterocycles. The highest BCUT2D eigenvalue weighted by Gasteiger charge is 2.29. The van der Waals surface area contributed by atoms with Crippen LogP contribution in [0.1, 0.15) is 56.3 Å². The summed E-state index contributed by atoms with van der Waals surface area (Å²) in [5.74, 6) is 0.399. The van der Waals surface area contributed by atoms with Crippen molar-refractivity contribution < 1.29 is 13.9 Å². The second-order valence-electron chi connectivity index (χ2n) is 8.67. The van der Waals surface area contributed by atoms with E-state index >= 15 is 0 Å². The molecule has 31 heavy (non-hydrogen) atoms. The Balaban J connectivity index is 1.69. The van der Waals surface area contributed by atoms with Crippen LogP contribution in [-0.4, -0.2) is 57.9 Å². The lowest BCUT2D eigenvalue weighted by Crippen LogP contribution is -2.54. The number of nitrogens with zero attached hydrogens (tertiary/aromatic N) is 4. The number of hydrogen-bond acceptors (Lipinski definition) is 8. The Labute approximate surface area is 183 Å². The highest BCUT2D eigenvalue weighted by Crippen LogP contribution is 2.27. The minimum atomic E-state index is -0.310. The number of nitrogens with one attached hydrogen (secondary N) is 1. The van der Waals surface area contributed by atoms with Gasteiger partial charge in [0.2, 0.25) is 5.89 Å². The molecule has 2 atom stereocenters. The lowest BCUT2D eigenvalue weighted by atomic mass is 10.0. The highest BCUT2D eigenvalue weighted by atomic mass is 16.6. The number of amides is 1. The van der Waals surface area contributed by atoms with Crippen molar-refractivity contribution in [3.63, 3.8) is 0 Å². The monoisotopic (exact) mass is 430 g/mol. The second-order valence-corrected chi connectivity index (χ2v) is 8.67. The van der Waals surface area contributed by atoms with Crippen LogP contribution in [0.15, 0.2) is 16.5 Å². The van der Waals surface area contributed by atoms with E-state index in [1.165, 1.54) is 5.56 Å². The second kappa shape index (κ2) is 9.65. The minimum Gasteiger partial charge on any atom is -0.447 e. The lowest BCUT2D eigenvalue weighted by molar-refractivity contribution is 0.0349. The number of hydrogen-bond donors (Lipinski definition) is 2. The number of nitrogens with two attached hydrogens (primary N) is 1. The molecular formula is C22H34N6O3. The molecular weight excluding hydrogens is 396 g/mol. The van der Waals surface area contributed by atoms with Crippen molar-refractivity contribution in [3.05, 3.63) is 34.7 Å². The number of aromatic nitrogens is 2. The summed E-state index contributed by atoms with van der Waals surface area (Å²) < 4.78 is 11.0. The molecule has 1 fully saturated rings. The van der Waals surface area contributed by atoms with E-state index in [1.807, 2.05) is 18.7 Å². The first-order valence-electron chi connectivity index (χ1n) is 10.8. The smallest absolute Gasteiger partial charge is 0.410 e. The average molecular weight is 431 g/mol. The molecule has 3 N–H and O–H groups in total. The van der Waals surface area contributed by atoms with Crippen LogP contribution in [0, 0.1) is 13.8 Å². The van der Waals surface area contributed by atoms with Gasteiger partial charge in [-0.2, -0.15) is 0 Å². The quantitative estimate of drug-likeness (QED) is 0.717. The van der Waals surface area contributed by atoms with Crippen LogP contribution in [0.5, 0.6) is 0 Å². The van der Waals surface area contributed by atoms with Gasteiger partial charge in [0.15, 0.2) is 0 Å². The third kappa shape index (κ3) is 5.74. The molecule has 0 radical (unpaired) electrons. The fraction of sp³-hybridized carbons (Fsp3) is 0.591. The summed E-state index contributed by atoms with van der Waals surface area (Å²) in [5, 5.41) is 11.2. The van der Waals surface area contributed by atoms with E-state index in [4.69, 9.17) is 14.9 Å². The Morgan fingerprint density at radius 3 is 2.65 bits per heavy atom. The SMILES string of the molecule is Cc1cc(CN2CCN(C(=O)OC(C)C)[C@@H](C)C2)c(C)c(Nc2nnc(C(C)N)o2)c1. The lowest BCUT2D eigenvalue weighted by Gasteiger charge is -2.39. The summed E-state index contributed by atoms with van der Waals surface area (Å²) in [6.45, 7) is 14.8. The van der Waals surface area contributed by atoms with Crippen LogP contribution in [-0.2, 0) is 11.3 Å². The normalized spacial score (nSPS) is 18.3. The number of anilines is 2. The van der Waals surface area contributed by atoms with Gasteiger partial charge in [-0.15, -0.1) is 5.10 Å². The molecule has 1 aliphatic rings. The van der Waals surface area contributed by atoms with Crippen LogP contribution in [0.3, 0.4) is 0 Å². The molecule has 2 heterocycles. The standard InChI is InChI=1S/C22H34N6O3/c1-13(2)30-22(29)28-8-7-27(11-15(28)4)12-18-9-14(3)10-19(16(18)5)24-21-26-25-20(31-21)17(6)23/h9-10,13,15,17H,7-8,11-12,23H2,1-6H3,(H,24,26)/t15-,17?/m0/s1. The molecule has 9 heteroatoms. The van der Waals surface area contributed by atoms with Crippen LogP contribution in [0.25, 0.3) is 0 Å². The van der Waals surface area contributed by atoms with Gasteiger partial charge in [0.1, 0.15) is 0 Å². The Kier molecular flexibility index (Phi) is 7.17. The van der Waals surface area contributed by atoms with Crippen molar-refractivity contribution in [1.29, 1.82) is 0 Å². The van der Waals surface area contributed by atoms with E-state index in [9.17, 15) is 4.79 Å². The van der Waals surface area contributed by atoms with Gasteiger partial charge in [-0.25, -0.2) is 4.79 Å². The summed E-state index contributed by atoms with van der Waals surface area (Å²) in [6, 6.07) is 4.38. The molecule has 1 amide bonds. The molecule has 0 spiro atoms. The zero-order chi connectivity index (χ0) is 22.7. The van der Waals surface area contributed by atoms with E-state index < -0.39 is 0 Å². The zero-order valence-electron chi connectivity index (χ0n) is 19.3. The number of ether oxygens (including phenoxy) is 1. The third-order valence-electron chi connectivity index (χ3n) is 5.41. The Morgan fingerprint density at radius 2 is 2.03 bits per heavy atom. The summed E-state index contributed by atoms with van der Waals surface area (Å²) in [6.07, 6.45) is -0.340. The predicted octanol–water partition coefficient (Wildman–Crippen LogP) is 3.50. The highest BCUT2D eigenvalue weighted by molar-refractivity contribution is 5.68. The summed E-state index contributed by atoms with van der Waals surface area (Å²) in [7, 11) is 0. The minimum absolute atomic E-state index is 0.0952. The van der Waals surface area contributed by atoms with Gasteiger partial charge < -0.3 is 25.1 Å². The fourth-order valence-electron chi connectivity index (χ4n) is 3.77. The summed E-state index contributed by atoms with van der Waals surface area (Å²) in [5.41, 5.74) is 10.2. The molecule has 1 unspecified atom stereocenters. The van der Waals surface area contributed by atoms with Gasteiger partial charge in [0, 0.05) is 37.9 Å². The molecule has 0 aliphatic carbocycles. The Hall–Kier alpha value is -2.65. The van der Waals surface area contributed by atoms with Crippen molar-refractivity contribution in [3.8, 4) is 0 Å². The van der Waals surface area contributed by atoms with E-state index in [-0.39, 0.29) is 24.3 Å². The molecule has 3 rings (SSSR count). The van der Waals surface area contributed by atoms with Crippen molar-refractivity contribution in [2.75, 3.05) is 25.0 Å². The number of rotatable bonds is 6. The zero-order valence-corrected chi connectivity index (χ0v) is 19.3. The molecule has 0 bridgehead atoms. The molecule has 2 aromatic rings. The Bertz CT molecular complexity index is 911. The first-order chi connectivity index (χ1) is 14.6. The third-order valence-corrected chi connectivity index (χ3v) is 5.41. The van der Waals surface area contributed by atoms with Crippen LogP contribution in [0.2, 0.25) is 0 Å². The van der Waals surface area contributed by atoms with Crippen molar-refractivity contribution >= 4 is 17.8 Å². The summed E-state index contributed by atoms with van der Waals surface area (Å²) >= 11 is 0. The number of carbonyl (C=O) groups excluding carboxylic acids is 1. The summed E-state index contributed by atoms with van der Waals surface area (Å²) in [4.78, 5) is 16.5. The van der Waals surface area contributed by atoms with Crippen LogP contribution in [0.4, 0.5) is 16.5 Å². The van der Waals surface area contributed by atoms with Gasteiger partial charge in [0.25, 0.3) is 0 Å².